The molecular weight excluding hydrogens is 307 g/mol. The molecule has 0 atom stereocenters. The molecule has 1 aliphatic carbocycles. The number of hydrogen-bond acceptors (Lipinski definition) is 3. The summed E-state index contributed by atoms with van der Waals surface area (Å²) in [5.74, 6) is -0.325. The summed E-state index contributed by atoms with van der Waals surface area (Å²) in [4.78, 5) is 19.6. The minimum atomic E-state index is -0.829. The highest BCUT2D eigenvalue weighted by Crippen LogP contribution is 2.39. The van der Waals surface area contributed by atoms with Gasteiger partial charge in [0.1, 0.15) is 11.2 Å². The van der Waals surface area contributed by atoms with Gasteiger partial charge in [-0.3, -0.25) is 4.79 Å². The van der Waals surface area contributed by atoms with E-state index in [2.05, 4.69) is 32.6 Å². The fourth-order valence-corrected chi connectivity index (χ4v) is 2.35. The molecule has 1 saturated carbocycles. The lowest BCUT2D eigenvalue weighted by atomic mass is 9.85. The van der Waals surface area contributed by atoms with Gasteiger partial charge in [-0.2, -0.15) is 0 Å². The molecule has 0 amide bonds. The molecule has 5 heteroatoms. The molecule has 1 aromatic heterocycles. The van der Waals surface area contributed by atoms with Crippen LogP contribution >= 0.6 is 22.6 Å². The average Bonchev–Trinajstić information content (AvgIpc) is 2.69. The van der Waals surface area contributed by atoms with Gasteiger partial charge in [0.2, 0.25) is 0 Å². The summed E-state index contributed by atoms with van der Waals surface area (Å²) in [5, 5.41) is 9.30. The summed E-state index contributed by atoms with van der Waals surface area (Å²) in [6.07, 6.45) is 6.55. The van der Waals surface area contributed by atoms with Gasteiger partial charge in [0.05, 0.1) is 0 Å². The first-order chi connectivity index (χ1) is 7.15. The van der Waals surface area contributed by atoms with Crippen molar-refractivity contribution < 1.29 is 9.90 Å². The number of hydrogen-bond donors (Lipinski definition) is 1. The summed E-state index contributed by atoms with van der Waals surface area (Å²) >= 11 is 2.11. The zero-order chi connectivity index (χ0) is 10.9. The van der Waals surface area contributed by atoms with E-state index in [9.17, 15) is 9.90 Å². The molecule has 0 aromatic carbocycles. The number of halogens is 1. The van der Waals surface area contributed by atoms with E-state index < -0.39 is 11.4 Å². The van der Waals surface area contributed by atoms with Gasteiger partial charge in [0.15, 0.2) is 0 Å². The number of rotatable bonds is 2. The standard InChI is InChI=1S/C10H11IN2O2/c11-7-5-12-8(13-6-7)10(9(14)15)3-1-2-4-10/h5-6H,1-4H2,(H,14,15). The van der Waals surface area contributed by atoms with E-state index in [-0.39, 0.29) is 0 Å². The molecular formula is C10H11IN2O2. The van der Waals surface area contributed by atoms with E-state index >= 15 is 0 Å². The van der Waals surface area contributed by atoms with Crippen molar-refractivity contribution in [1.82, 2.24) is 9.97 Å². The van der Waals surface area contributed by atoms with Crippen LogP contribution in [0.5, 0.6) is 0 Å². The smallest absolute Gasteiger partial charge is 0.317 e. The van der Waals surface area contributed by atoms with E-state index in [4.69, 9.17) is 0 Å². The molecule has 1 aromatic rings. The quantitative estimate of drug-likeness (QED) is 0.847. The van der Waals surface area contributed by atoms with Gasteiger partial charge in [0, 0.05) is 16.0 Å². The molecule has 0 saturated heterocycles. The van der Waals surface area contributed by atoms with Gasteiger partial charge in [-0.25, -0.2) is 9.97 Å². The second-order valence-corrected chi connectivity index (χ2v) is 5.06. The van der Waals surface area contributed by atoms with E-state index in [1.807, 2.05) is 0 Å². The van der Waals surface area contributed by atoms with Crippen LogP contribution in [-0.4, -0.2) is 21.0 Å². The first-order valence-corrected chi connectivity index (χ1v) is 5.94. The van der Waals surface area contributed by atoms with Crippen LogP contribution in [0.25, 0.3) is 0 Å². The van der Waals surface area contributed by atoms with E-state index in [1.165, 1.54) is 0 Å². The average molecular weight is 318 g/mol. The molecule has 0 spiro atoms. The summed E-state index contributed by atoms with van der Waals surface area (Å²) < 4.78 is 0.926. The Morgan fingerprint density at radius 1 is 1.33 bits per heavy atom. The normalized spacial score (nSPS) is 19.0. The van der Waals surface area contributed by atoms with Crippen LogP contribution in [0.1, 0.15) is 31.5 Å². The van der Waals surface area contributed by atoms with Crippen molar-refractivity contribution in [2.45, 2.75) is 31.1 Å². The lowest BCUT2D eigenvalue weighted by Crippen LogP contribution is -2.34. The van der Waals surface area contributed by atoms with Crippen molar-refractivity contribution in [2.75, 3.05) is 0 Å². The third kappa shape index (κ3) is 1.84. The minimum Gasteiger partial charge on any atom is -0.480 e. The maximum absolute atomic E-state index is 11.3. The first-order valence-electron chi connectivity index (χ1n) is 4.86. The number of carboxylic acid groups (broad SMARTS) is 1. The fourth-order valence-electron chi connectivity index (χ4n) is 2.07. The summed E-state index contributed by atoms with van der Waals surface area (Å²) in [7, 11) is 0. The molecule has 4 nitrogen and oxygen atoms in total. The first kappa shape index (κ1) is 10.8. The maximum Gasteiger partial charge on any atom is 0.317 e. The van der Waals surface area contributed by atoms with Gasteiger partial charge in [0.25, 0.3) is 0 Å². The van der Waals surface area contributed by atoms with Crippen LogP contribution in [0.15, 0.2) is 12.4 Å². The minimum absolute atomic E-state index is 0.466. The molecule has 1 N–H and O–H groups in total. The highest BCUT2D eigenvalue weighted by atomic mass is 127. The monoisotopic (exact) mass is 318 g/mol. The Bertz CT molecular complexity index is 372. The highest BCUT2D eigenvalue weighted by Gasteiger charge is 2.45. The molecule has 0 aliphatic heterocycles. The Kier molecular flexibility index (Phi) is 2.90. The van der Waals surface area contributed by atoms with Crippen molar-refractivity contribution in [2.24, 2.45) is 0 Å². The predicted molar refractivity (Wildman–Crippen MR) is 62.5 cm³/mol. The third-order valence-electron chi connectivity index (χ3n) is 2.91. The van der Waals surface area contributed by atoms with Crippen LogP contribution in [0.4, 0.5) is 0 Å². The van der Waals surface area contributed by atoms with Crippen molar-refractivity contribution in [3.05, 3.63) is 21.8 Å². The summed E-state index contributed by atoms with van der Waals surface area (Å²) in [5.41, 5.74) is -0.829. The highest BCUT2D eigenvalue weighted by molar-refractivity contribution is 14.1. The van der Waals surface area contributed by atoms with Crippen LogP contribution < -0.4 is 0 Å². The number of aromatic nitrogens is 2. The van der Waals surface area contributed by atoms with E-state index in [0.717, 1.165) is 16.4 Å². The number of nitrogens with zero attached hydrogens (tertiary/aromatic N) is 2. The Balaban J connectivity index is 2.41. The Morgan fingerprint density at radius 2 is 1.87 bits per heavy atom. The molecule has 1 fully saturated rings. The van der Waals surface area contributed by atoms with Crippen LogP contribution in [0.3, 0.4) is 0 Å². The SMILES string of the molecule is O=C(O)C1(c2ncc(I)cn2)CCCC1. The number of carboxylic acids is 1. The zero-order valence-electron chi connectivity index (χ0n) is 8.11. The molecule has 15 heavy (non-hydrogen) atoms. The molecule has 0 bridgehead atoms. The van der Waals surface area contributed by atoms with Crippen molar-refractivity contribution in [3.8, 4) is 0 Å². The molecule has 0 unspecified atom stereocenters. The summed E-state index contributed by atoms with van der Waals surface area (Å²) in [6, 6.07) is 0. The van der Waals surface area contributed by atoms with Gasteiger partial charge in [-0.1, -0.05) is 12.8 Å². The van der Waals surface area contributed by atoms with Gasteiger partial charge >= 0.3 is 5.97 Å². The second-order valence-electron chi connectivity index (χ2n) is 3.82. The molecule has 1 aliphatic rings. The van der Waals surface area contributed by atoms with Crippen molar-refractivity contribution >= 4 is 28.6 Å². The largest absolute Gasteiger partial charge is 0.480 e. The predicted octanol–water partition coefficient (Wildman–Crippen LogP) is 1.98. The Morgan fingerprint density at radius 3 is 2.33 bits per heavy atom. The van der Waals surface area contributed by atoms with Crippen LogP contribution in [-0.2, 0) is 10.2 Å². The topological polar surface area (TPSA) is 63.1 Å². The van der Waals surface area contributed by atoms with Crippen LogP contribution in [0.2, 0.25) is 0 Å². The fraction of sp³-hybridized carbons (Fsp3) is 0.500. The Hall–Kier alpha value is -0.720. The Labute approximate surface area is 101 Å². The zero-order valence-corrected chi connectivity index (χ0v) is 10.3. The van der Waals surface area contributed by atoms with Crippen molar-refractivity contribution in [3.63, 3.8) is 0 Å². The van der Waals surface area contributed by atoms with Gasteiger partial charge in [-0.05, 0) is 35.4 Å². The molecule has 2 rings (SSSR count). The summed E-state index contributed by atoms with van der Waals surface area (Å²) in [6.45, 7) is 0. The second kappa shape index (κ2) is 4.03. The number of carbonyl (C=O) groups is 1. The number of aliphatic carboxylic acids is 1. The third-order valence-corrected chi connectivity index (χ3v) is 3.47. The van der Waals surface area contributed by atoms with Crippen LogP contribution in [0, 0.1) is 3.57 Å². The molecule has 1 heterocycles. The maximum atomic E-state index is 11.3. The van der Waals surface area contributed by atoms with E-state index in [1.54, 1.807) is 12.4 Å². The van der Waals surface area contributed by atoms with Gasteiger partial charge < -0.3 is 5.11 Å². The molecule has 0 radical (unpaired) electrons. The van der Waals surface area contributed by atoms with E-state index in [0.29, 0.717) is 18.7 Å². The van der Waals surface area contributed by atoms with Gasteiger partial charge in [-0.15, -0.1) is 0 Å². The molecule has 80 valence electrons. The lowest BCUT2D eigenvalue weighted by Gasteiger charge is -2.21. The van der Waals surface area contributed by atoms with Crippen molar-refractivity contribution in [1.29, 1.82) is 0 Å². The lowest BCUT2D eigenvalue weighted by molar-refractivity contribution is -0.144.